The molecule has 8 atom stereocenters. The quantitative estimate of drug-likeness (QED) is 0.0978. The molecule has 3 aromatic carbocycles. The lowest BCUT2D eigenvalue weighted by Crippen LogP contribution is -2.59. The zero-order chi connectivity index (χ0) is 47.5. The number of methoxy groups -OCH3 is 1. The summed E-state index contributed by atoms with van der Waals surface area (Å²) in [6, 6.07) is 13.9. The van der Waals surface area contributed by atoms with Crippen molar-refractivity contribution in [3.05, 3.63) is 89.5 Å². The fraction of sp³-hybridized carbons (Fsp3) is 0.532. The number of hydrogen-bond donors (Lipinski definition) is 4. The first-order valence-electron chi connectivity index (χ1n) is 21.9. The van der Waals surface area contributed by atoms with E-state index in [2.05, 4.69) is 22.9 Å². The van der Waals surface area contributed by atoms with Crippen LogP contribution in [0, 0.1) is 34.5 Å². The summed E-state index contributed by atoms with van der Waals surface area (Å²) in [6.07, 6.45) is -1.09. The van der Waals surface area contributed by atoms with Gasteiger partial charge in [0, 0.05) is 30.0 Å². The van der Waals surface area contributed by atoms with E-state index in [1.807, 2.05) is 57.2 Å². The van der Waals surface area contributed by atoms with Crippen molar-refractivity contribution in [1.29, 1.82) is 0 Å². The zero-order valence-corrected chi connectivity index (χ0v) is 37.9. The van der Waals surface area contributed by atoms with Gasteiger partial charge in [0.25, 0.3) is 0 Å². The molecule has 2 amide bonds. The number of carbonyl (C=O) groups excluding carboxylic acids is 2. The lowest BCUT2D eigenvalue weighted by molar-refractivity contribution is -0.141. The normalized spacial score (nSPS) is 26.6. The van der Waals surface area contributed by atoms with Crippen molar-refractivity contribution < 1.29 is 58.6 Å². The predicted octanol–water partition coefficient (Wildman–Crippen LogP) is 8.92. The van der Waals surface area contributed by atoms with Crippen molar-refractivity contribution in [2.75, 3.05) is 32.2 Å². The van der Waals surface area contributed by atoms with Gasteiger partial charge in [-0.2, -0.15) is 26.3 Å². The van der Waals surface area contributed by atoms with E-state index in [1.165, 1.54) is 7.11 Å². The van der Waals surface area contributed by atoms with Crippen molar-refractivity contribution in [1.82, 2.24) is 10.6 Å². The first-order chi connectivity index (χ1) is 30.5. The van der Waals surface area contributed by atoms with Crippen LogP contribution >= 0.6 is 0 Å². The third kappa shape index (κ3) is 11.1. The Kier molecular flexibility index (Phi) is 14.9. The maximum Gasteiger partial charge on any atom is 0.418 e. The Morgan fingerprint density at radius 2 is 1.62 bits per heavy atom. The Morgan fingerprint density at radius 1 is 0.908 bits per heavy atom. The van der Waals surface area contributed by atoms with Gasteiger partial charge in [0.15, 0.2) is 11.5 Å². The van der Waals surface area contributed by atoms with Gasteiger partial charge in [0.2, 0.25) is 21.8 Å². The summed E-state index contributed by atoms with van der Waals surface area (Å²) < 4.78 is 120. The summed E-state index contributed by atoms with van der Waals surface area (Å²) >= 11 is 0. The van der Waals surface area contributed by atoms with Gasteiger partial charge < -0.3 is 30.2 Å². The topological polar surface area (TPSA) is 158 Å². The molecule has 0 radical (unpaired) electrons. The first-order valence-corrected chi connectivity index (χ1v) is 23.4. The molecule has 5 N–H and O–H groups in total. The SMILES string of the molecule is CCOc1ccccc1OCCN[C@H](C)Cc1ccc(OC)c(S(N)(=O)=O)c1.C[C@]12C=CC(=O)N[C@@H]1CC[C@@H]1[C@@H]2CC[C@]2(C)[C@@H](C(=O)Nc3cc(C(F)(F)F)ccc3C(F)(F)F)CC[C@@H]12. The van der Waals surface area contributed by atoms with Crippen LogP contribution in [0.25, 0.3) is 0 Å². The van der Waals surface area contributed by atoms with Gasteiger partial charge in [-0.05, 0) is 136 Å². The monoisotopic (exact) mass is 936 g/mol. The molecule has 0 saturated heterocycles. The highest BCUT2D eigenvalue weighted by Gasteiger charge is 2.61. The summed E-state index contributed by atoms with van der Waals surface area (Å²) in [5, 5.41) is 14.0. The molecule has 3 fully saturated rings. The highest BCUT2D eigenvalue weighted by atomic mass is 32.2. The molecule has 4 aliphatic rings. The van der Waals surface area contributed by atoms with Gasteiger partial charge in [0.05, 0.1) is 30.5 Å². The van der Waals surface area contributed by atoms with Gasteiger partial charge >= 0.3 is 12.4 Å². The molecule has 1 aliphatic heterocycles. The number of benzene rings is 3. The number of halogens is 6. The minimum Gasteiger partial charge on any atom is -0.495 e. The van der Waals surface area contributed by atoms with Crippen LogP contribution in [-0.2, 0) is 38.4 Å². The third-order valence-electron chi connectivity index (χ3n) is 14.0. The Bertz CT molecular complexity index is 2340. The number of nitrogens with one attached hydrogen (secondary N) is 3. The number of primary sulfonamides is 1. The van der Waals surface area contributed by atoms with E-state index in [1.54, 1.807) is 18.2 Å². The van der Waals surface area contributed by atoms with Crippen LogP contribution in [0.2, 0.25) is 0 Å². The Morgan fingerprint density at radius 3 is 2.26 bits per heavy atom. The van der Waals surface area contributed by atoms with Crippen LogP contribution in [0.1, 0.15) is 82.9 Å². The fourth-order valence-electron chi connectivity index (χ4n) is 10.9. The molecule has 0 spiro atoms. The summed E-state index contributed by atoms with van der Waals surface area (Å²) in [5.74, 6) is 1.13. The maximum absolute atomic E-state index is 13.6. The number of ether oxygens (including phenoxy) is 3. The van der Waals surface area contributed by atoms with Gasteiger partial charge in [-0.15, -0.1) is 0 Å². The summed E-state index contributed by atoms with van der Waals surface area (Å²) in [6.45, 7) is 9.83. The Balaban J connectivity index is 0.000000225. The lowest BCUT2D eigenvalue weighted by atomic mass is 9.48. The molecule has 356 valence electrons. The van der Waals surface area contributed by atoms with Crippen molar-refractivity contribution in [2.24, 2.45) is 39.6 Å². The van der Waals surface area contributed by atoms with Gasteiger partial charge in [-0.1, -0.05) is 38.1 Å². The summed E-state index contributed by atoms with van der Waals surface area (Å²) in [5.41, 5.74) is -3.20. The van der Waals surface area contributed by atoms with Crippen molar-refractivity contribution >= 4 is 27.5 Å². The molecule has 3 aromatic rings. The largest absolute Gasteiger partial charge is 0.495 e. The number of anilines is 1. The molecule has 18 heteroatoms. The average molecular weight is 937 g/mol. The maximum atomic E-state index is 13.6. The highest BCUT2D eigenvalue weighted by molar-refractivity contribution is 7.89. The fourth-order valence-corrected chi connectivity index (χ4v) is 11.6. The van der Waals surface area contributed by atoms with Crippen LogP contribution in [0.15, 0.2) is 77.7 Å². The molecule has 0 unspecified atom stereocenters. The van der Waals surface area contributed by atoms with Crippen molar-refractivity contribution in [3.63, 3.8) is 0 Å². The van der Waals surface area contributed by atoms with E-state index in [4.69, 9.17) is 19.3 Å². The molecule has 1 heterocycles. The molecule has 7 rings (SSSR count). The molecular formula is C47H58F6N4O7S. The second-order valence-electron chi connectivity index (χ2n) is 18.0. The number of nitrogens with two attached hydrogens (primary N) is 1. The number of rotatable bonds is 13. The van der Waals surface area contributed by atoms with Gasteiger partial charge in [-0.25, -0.2) is 13.6 Å². The van der Waals surface area contributed by atoms with E-state index >= 15 is 0 Å². The number of hydrogen-bond acceptors (Lipinski definition) is 8. The number of para-hydroxylation sites is 2. The number of sulfonamides is 1. The Labute approximate surface area is 376 Å². The van der Waals surface area contributed by atoms with Crippen molar-refractivity contribution in [3.8, 4) is 17.2 Å². The van der Waals surface area contributed by atoms with Gasteiger partial charge in [0.1, 0.15) is 17.3 Å². The number of fused-ring (bicyclic) bond motifs is 5. The standard InChI is InChI=1S/C27H30F6N2O2.C20H28N2O5S/c1-24-11-9-17-15(4-8-21-25(17,2)12-10-22(36)35-21)16(24)6-7-19(24)23(37)34-20-13-14(26(28,29)30)3-5-18(20)27(31,32)33;1-4-26-17-7-5-6-8-18(17)27-12-11-22-15(2)13-16-9-10-19(25-3)20(14-16)28(21,23)24/h3,5,10,12-13,15-17,19,21H,4,6-9,11H2,1-2H3,(H,34,37)(H,35,36);5-10,14-15,22H,4,11-13H2,1-3H3,(H2,21,23,24)/t15-,16-,17-,19+,21+,24-,25+;15-/m01/s1. The number of alkyl halides is 6. The Hall–Kier alpha value is -4.81. The molecule has 0 aromatic heterocycles. The van der Waals surface area contributed by atoms with E-state index in [0.717, 1.165) is 37.0 Å². The van der Waals surface area contributed by atoms with E-state index in [-0.39, 0.29) is 40.0 Å². The smallest absolute Gasteiger partial charge is 0.418 e. The molecule has 3 saturated carbocycles. The van der Waals surface area contributed by atoms with Crippen molar-refractivity contribution in [2.45, 2.75) is 102 Å². The average Bonchev–Trinajstić information content (AvgIpc) is 3.60. The minimum atomic E-state index is -4.91. The molecule has 0 bridgehead atoms. The highest BCUT2D eigenvalue weighted by Crippen LogP contribution is 2.65. The van der Waals surface area contributed by atoms with Gasteiger partial charge in [-0.3, -0.25) is 9.59 Å². The second kappa shape index (κ2) is 19.6. The van der Waals surface area contributed by atoms with E-state index < -0.39 is 56.4 Å². The third-order valence-corrected chi connectivity index (χ3v) is 14.9. The summed E-state index contributed by atoms with van der Waals surface area (Å²) in [7, 11) is -2.43. The molecule has 3 aliphatic carbocycles. The first kappa shape index (κ1) is 49.6. The zero-order valence-electron chi connectivity index (χ0n) is 37.1. The van der Waals surface area contributed by atoms with Crippen LogP contribution in [0.5, 0.6) is 17.2 Å². The number of carbonyl (C=O) groups is 2. The van der Waals surface area contributed by atoms with Crippen LogP contribution in [0.4, 0.5) is 32.0 Å². The predicted molar refractivity (Wildman–Crippen MR) is 233 cm³/mol. The second-order valence-corrected chi connectivity index (χ2v) is 19.5. The number of amides is 2. The summed E-state index contributed by atoms with van der Waals surface area (Å²) in [4.78, 5) is 25.3. The van der Waals surface area contributed by atoms with Crippen LogP contribution in [-0.4, -0.2) is 59.2 Å². The van der Waals surface area contributed by atoms with Crippen LogP contribution < -0.4 is 35.3 Å². The molecule has 11 nitrogen and oxygen atoms in total. The minimum absolute atomic E-state index is 0.00411. The van der Waals surface area contributed by atoms with E-state index in [9.17, 15) is 44.3 Å². The van der Waals surface area contributed by atoms with Crippen LogP contribution in [0.3, 0.4) is 0 Å². The lowest BCUT2D eigenvalue weighted by Gasteiger charge is -2.58. The van der Waals surface area contributed by atoms with E-state index in [0.29, 0.717) is 74.8 Å². The molecule has 65 heavy (non-hydrogen) atoms. The molecular weight excluding hydrogens is 879 g/mol.